The number of nitrogens with one attached hydrogen (secondary N) is 1. The summed E-state index contributed by atoms with van der Waals surface area (Å²) in [7, 11) is 0. The Morgan fingerprint density at radius 1 is 1.50 bits per heavy atom. The summed E-state index contributed by atoms with van der Waals surface area (Å²) in [5.41, 5.74) is 2.60. The topological polar surface area (TPSA) is 112 Å². The number of hydrazine groups is 1. The molecule has 1 amide bonds. The van der Waals surface area contributed by atoms with Crippen LogP contribution in [0.1, 0.15) is 0 Å². The van der Waals surface area contributed by atoms with Crippen molar-refractivity contribution in [3.8, 4) is 11.5 Å². The quantitative estimate of drug-likeness (QED) is 0.378. The minimum atomic E-state index is -0.385. The van der Waals surface area contributed by atoms with Gasteiger partial charge in [-0.15, -0.1) is 5.10 Å². The van der Waals surface area contributed by atoms with Gasteiger partial charge in [0.05, 0.1) is 0 Å². The average molecular weight is 219 g/mol. The zero-order valence-corrected chi connectivity index (χ0v) is 8.24. The molecule has 82 valence electrons. The number of nitrogens with zero attached hydrogens (tertiary/aromatic N) is 5. The standard InChI is InChI=1S/C8H9N7O/c9-11-7(16)5-15-8(12-13-14-15)6-3-1-2-4-10-6/h1-4H,5,9H2,(H,11,16). The number of hydrogen-bond acceptors (Lipinski definition) is 6. The summed E-state index contributed by atoms with van der Waals surface area (Å²) in [5.74, 6) is 5.02. The van der Waals surface area contributed by atoms with Crippen LogP contribution >= 0.6 is 0 Å². The Labute approximate surface area is 90.4 Å². The first kappa shape index (κ1) is 10.2. The van der Waals surface area contributed by atoms with Gasteiger partial charge in [0, 0.05) is 6.20 Å². The molecule has 0 saturated carbocycles. The van der Waals surface area contributed by atoms with Crippen molar-refractivity contribution in [1.29, 1.82) is 0 Å². The van der Waals surface area contributed by atoms with Gasteiger partial charge >= 0.3 is 0 Å². The zero-order chi connectivity index (χ0) is 11.4. The molecule has 0 saturated heterocycles. The van der Waals surface area contributed by atoms with E-state index < -0.39 is 0 Å². The van der Waals surface area contributed by atoms with Crippen molar-refractivity contribution in [3.63, 3.8) is 0 Å². The van der Waals surface area contributed by atoms with Crippen LogP contribution in [0.25, 0.3) is 11.5 Å². The van der Waals surface area contributed by atoms with Crippen LogP contribution in [0.15, 0.2) is 24.4 Å². The van der Waals surface area contributed by atoms with E-state index in [1.165, 1.54) is 4.68 Å². The van der Waals surface area contributed by atoms with E-state index in [1.54, 1.807) is 18.3 Å². The number of hydrogen-bond donors (Lipinski definition) is 2. The lowest BCUT2D eigenvalue weighted by molar-refractivity contribution is -0.121. The molecule has 2 aromatic rings. The van der Waals surface area contributed by atoms with Gasteiger partial charge in [-0.25, -0.2) is 10.5 Å². The fourth-order valence-corrected chi connectivity index (χ4v) is 1.17. The van der Waals surface area contributed by atoms with E-state index in [2.05, 4.69) is 20.5 Å². The first-order valence-corrected chi connectivity index (χ1v) is 4.48. The molecule has 8 heteroatoms. The maximum absolute atomic E-state index is 11.1. The normalized spacial score (nSPS) is 10.1. The van der Waals surface area contributed by atoms with Crippen molar-refractivity contribution >= 4 is 5.91 Å². The van der Waals surface area contributed by atoms with Crippen molar-refractivity contribution in [3.05, 3.63) is 24.4 Å². The SMILES string of the molecule is NNC(=O)Cn1nnnc1-c1ccccn1. The van der Waals surface area contributed by atoms with Gasteiger partial charge in [-0.2, -0.15) is 0 Å². The molecule has 0 fully saturated rings. The maximum Gasteiger partial charge on any atom is 0.255 e. The predicted molar refractivity (Wildman–Crippen MR) is 53.4 cm³/mol. The Hall–Kier alpha value is -2.35. The number of pyridine rings is 1. The average Bonchev–Trinajstić information content (AvgIpc) is 2.78. The van der Waals surface area contributed by atoms with Gasteiger partial charge in [0.25, 0.3) is 5.91 Å². The molecule has 16 heavy (non-hydrogen) atoms. The fraction of sp³-hybridized carbons (Fsp3) is 0.125. The third kappa shape index (κ3) is 2.01. The van der Waals surface area contributed by atoms with Crippen LogP contribution in [0, 0.1) is 0 Å². The van der Waals surface area contributed by atoms with Gasteiger partial charge in [0.1, 0.15) is 12.2 Å². The second-order valence-corrected chi connectivity index (χ2v) is 2.94. The van der Waals surface area contributed by atoms with Crippen molar-refractivity contribution in [2.75, 3.05) is 0 Å². The molecule has 2 heterocycles. The molecule has 0 unspecified atom stereocenters. The van der Waals surface area contributed by atoms with E-state index >= 15 is 0 Å². The largest absolute Gasteiger partial charge is 0.293 e. The van der Waals surface area contributed by atoms with Crippen LogP contribution in [0.5, 0.6) is 0 Å². The van der Waals surface area contributed by atoms with Crippen LogP contribution in [-0.2, 0) is 11.3 Å². The zero-order valence-electron chi connectivity index (χ0n) is 8.24. The molecule has 8 nitrogen and oxygen atoms in total. The molecular weight excluding hydrogens is 210 g/mol. The molecule has 2 aromatic heterocycles. The minimum absolute atomic E-state index is 0.0462. The number of nitrogens with two attached hydrogens (primary N) is 1. The molecule has 3 N–H and O–H groups in total. The molecule has 0 bridgehead atoms. The Morgan fingerprint density at radius 2 is 2.38 bits per heavy atom. The minimum Gasteiger partial charge on any atom is -0.293 e. The van der Waals surface area contributed by atoms with Crippen molar-refractivity contribution < 1.29 is 4.79 Å². The highest BCUT2D eigenvalue weighted by molar-refractivity contribution is 5.75. The van der Waals surface area contributed by atoms with Crippen LogP contribution < -0.4 is 11.3 Å². The third-order valence-electron chi connectivity index (χ3n) is 1.88. The summed E-state index contributed by atoms with van der Waals surface area (Å²) >= 11 is 0. The summed E-state index contributed by atoms with van der Waals surface area (Å²) in [4.78, 5) is 15.2. The van der Waals surface area contributed by atoms with Gasteiger partial charge in [-0.05, 0) is 22.6 Å². The summed E-state index contributed by atoms with van der Waals surface area (Å²) in [6.07, 6.45) is 1.62. The molecule has 0 aliphatic rings. The summed E-state index contributed by atoms with van der Waals surface area (Å²) in [6.45, 7) is -0.0462. The molecule has 0 aliphatic heterocycles. The molecule has 0 aromatic carbocycles. The molecule has 0 spiro atoms. The number of aromatic nitrogens is 5. The Balaban J connectivity index is 2.29. The van der Waals surface area contributed by atoms with Crippen LogP contribution in [0.2, 0.25) is 0 Å². The van der Waals surface area contributed by atoms with E-state index in [4.69, 9.17) is 5.84 Å². The van der Waals surface area contributed by atoms with E-state index in [1.807, 2.05) is 11.5 Å². The molecule has 2 rings (SSSR count). The number of amides is 1. The Kier molecular flexibility index (Phi) is 2.83. The first-order chi connectivity index (χ1) is 7.81. The summed E-state index contributed by atoms with van der Waals surface area (Å²) in [5, 5.41) is 11.0. The van der Waals surface area contributed by atoms with Crippen LogP contribution in [0.3, 0.4) is 0 Å². The smallest absolute Gasteiger partial charge is 0.255 e. The fourth-order valence-electron chi connectivity index (χ4n) is 1.17. The third-order valence-corrected chi connectivity index (χ3v) is 1.88. The second-order valence-electron chi connectivity index (χ2n) is 2.94. The van der Waals surface area contributed by atoms with Gasteiger partial charge < -0.3 is 0 Å². The van der Waals surface area contributed by atoms with Gasteiger partial charge in [0.2, 0.25) is 5.82 Å². The molecular formula is C8H9N7O. The van der Waals surface area contributed by atoms with E-state index in [0.717, 1.165) is 0 Å². The Morgan fingerprint density at radius 3 is 3.06 bits per heavy atom. The number of carbonyl (C=O) groups is 1. The molecule has 0 aliphatic carbocycles. The van der Waals surface area contributed by atoms with Crippen molar-refractivity contribution in [1.82, 2.24) is 30.6 Å². The monoisotopic (exact) mass is 219 g/mol. The number of tetrazole rings is 1. The Bertz CT molecular complexity index is 480. The van der Waals surface area contributed by atoms with Crippen LogP contribution in [0.4, 0.5) is 0 Å². The summed E-state index contributed by atoms with van der Waals surface area (Å²) < 4.78 is 1.32. The lowest BCUT2D eigenvalue weighted by Crippen LogP contribution is -2.33. The van der Waals surface area contributed by atoms with E-state index in [-0.39, 0.29) is 12.5 Å². The van der Waals surface area contributed by atoms with Gasteiger partial charge in [-0.3, -0.25) is 15.2 Å². The maximum atomic E-state index is 11.1. The lowest BCUT2D eigenvalue weighted by atomic mass is 10.3. The highest BCUT2D eigenvalue weighted by Crippen LogP contribution is 2.10. The molecule has 0 atom stereocenters. The van der Waals surface area contributed by atoms with Crippen molar-refractivity contribution in [2.24, 2.45) is 5.84 Å². The number of carbonyl (C=O) groups excluding carboxylic acids is 1. The molecule has 0 radical (unpaired) electrons. The summed E-state index contributed by atoms with van der Waals surface area (Å²) in [6, 6.07) is 5.34. The highest BCUT2D eigenvalue weighted by atomic mass is 16.2. The van der Waals surface area contributed by atoms with E-state index in [0.29, 0.717) is 11.5 Å². The van der Waals surface area contributed by atoms with Crippen LogP contribution in [-0.4, -0.2) is 31.1 Å². The van der Waals surface area contributed by atoms with Crippen molar-refractivity contribution in [2.45, 2.75) is 6.54 Å². The van der Waals surface area contributed by atoms with Gasteiger partial charge in [0.15, 0.2) is 0 Å². The van der Waals surface area contributed by atoms with E-state index in [9.17, 15) is 4.79 Å². The highest BCUT2D eigenvalue weighted by Gasteiger charge is 2.11. The first-order valence-electron chi connectivity index (χ1n) is 4.48. The van der Waals surface area contributed by atoms with Gasteiger partial charge in [-0.1, -0.05) is 6.07 Å². The predicted octanol–water partition coefficient (Wildman–Crippen LogP) is -1.27. The second kappa shape index (κ2) is 4.45. The lowest BCUT2D eigenvalue weighted by Gasteiger charge is -2.02. The number of rotatable bonds is 3.